The van der Waals surface area contributed by atoms with E-state index in [2.05, 4.69) is 32.0 Å². The molecule has 1 aromatic rings. The van der Waals surface area contributed by atoms with Gasteiger partial charge in [0, 0.05) is 12.3 Å². The molecule has 0 spiro atoms. The van der Waals surface area contributed by atoms with Crippen molar-refractivity contribution in [3.05, 3.63) is 34.9 Å². The van der Waals surface area contributed by atoms with Gasteiger partial charge in [-0.3, -0.25) is 4.79 Å². The van der Waals surface area contributed by atoms with E-state index >= 15 is 0 Å². The summed E-state index contributed by atoms with van der Waals surface area (Å²) in [7, 11) is 1.74. The third-order valence-electron chi connectivity index (χ3n) is 7.28. The molecule has 3 nitrogen and oxygen atoms in total. The normalized spacial score (nSPS) is 32.5. The summed E-state index contributed by atoms with van der Waals surface area (Å²) in [5.74, 6) is 1.94. The van der Waals surface area contributed by atoms with Crippen LogP contribution in [-0.2, 0) is 16.0 Å². The molecular formula is C23H30O3. The van der Waals surface area contributed by atoms with Crippen LogP contribution in [-0.4, -0.2) is 19.2 Å². The van der Waals surface area contributed by atoms with Crippen molar-refractivity contribution in [2.75, 3.05) is 7.11 Å². The van der Waals surface area contributed by atoms with Crippen LogP contribution in [0.3, 0.4) is 0 Å². The van der Waals surface area contributed by atoms with Crippen molar-refractivity contribution < 1.29 is 14.3 Å². The van der Waals surface area contributed by atoms with Gasteiger partial charge in [0.2, 0.25) is 0 Å². The second-order valence-corrected chi connectivity index (χ2v) is 8.38. The molecule has 0 saturated heterocycles. The fourth-order valence-corrected chi connectivity index (χ4v) is 6.19. The van der Waals surface area contributed by atoms with Crippen molar-refractivity contribution in [1.29, 1.82) is 0 Å². The third-order valence-corrected chi connectivity index (χ3v) is 7.28. The first-order chi connectivity index (χ1) is 12.5. The minimum absolute atomic E-state index is 0.0912. The molecule has 1 aromatic carbocycles. The average molecular weight is 354 g/mol. The highest BCUT2D eigenvalue weighted by Crippen LogP contribution is 2.61. The Kier molecular flexibility index (Phi) is 4.37. The molecule has 26 heavy (non-hydrogen) atoms. The van der Waals surface area contributed by atoms with Gasteiger partial charge in [-0.25, -0.2) is 0 Å². The summed E-state index contributed by atoms with van der Waals surface area (Å²) in [5.41, 5.74) is 6.22. The zero-order valence-electron chi connectivity index (χ0n) is 16.4. The summed E-state index contributed by atoms with van der Waals surface area (Å²) < 4.78 is 11.3. The van der Waals surface area contributed by atoms with Crippen LogP contribution in [0.2, 0.25) is 0 Å². The third kappa shape index (κ3) is 2.51. The lowest BCUT2D eigenvalue weighted by Crippen LogP contribution is -2.42. The number of esters is 1. The van der Waals surface area contributed by atoms with Gasteiger partial charge in [0.15, 0.2) is 0 Å². The molecule has 0 aliphatic heterocycles. The minimum Gasteiger partial charge on any atom is -0.497 e. The molecule has 0 heterocycles. The van der Waals surface area contributed by atoms with Gasteiger partial charge >= 0.3 is 5.97 Å². The molecule has 4 unspecified atom stereocenters. The van der Waals surface area contributed by atoms with E-state index in [1.807, 2.05) is 0 Å². The summed E-state index contributed by atoms with van der Waals surface area (Å²) in [6.07, 6.45) is 6.66. The molecule has 0 radical (unpaired) electrons. The Balaban J connectivity index is 1.77. The zero-order chi connectivity index (χ0) is 18.5. The van der Waals surface area contributed by atoms with Crippen molar-refractivity contribution in [2.45, 2.75) is 65.4 Å². The van der Waals surface area contributed by atoms with Crippen LogP contribution in [0.5, 0.6) is 5.75 Å². The Morgan fingerprint density at radius 3 is 2.81 bits per heavy atom. The Bertz CT molecular complexity index is 763. The van der Waals surface area contributed by atoms with Crippen molar-refractivity contribution in [1.82, 2.24) is 0 Å². The Labute approximate surface area is 156 Å². The quantitative estimate of drug-likeness (QED) is 0.702. The molecule has 140 valence electrons. The molecular weight excluding hydrogens is 324 g/mol. The number of hydrogen-bond donors (Lipinski definition) is 0. The maximum absolute atomic E-state index is 11.7. The minimum atomic E-state index is -0.127. The number of methoxy groups -OCH3 is 1. The smallest absolute Gasteiger partial charge is 0.302 e. The number of hydrogen-bond acceptors (Lipinski definition) is 3. The van der Waals surface area contributed by atoms with Gasteiger partial charge in [-0.15, -0.1) is 0 Å². The van der Waals surface area contributed by atoms with Crippen LogP contribution < -0.4 is 4.74 Å². The second-order valence-electron chi connectivity index (χ2n) is 8.38. The summed E-state index contributed by atoms with van der Waals surface area (Å²) in [4.78, 5) is 11.7. The van der Waals surface area contributed by atoms with E-state index < -0.39 is 0 Å². The molecule has 0 N–H and O–H groups in total. The molecule has 4 atom stereocenters. The first-order valence-corrected chi connectivity index (χ1v) is 10.1. The predicted octanol–water partition coefficient (Wildman–Crippen LogP) is 5.17. The SMILES string of the molecule is CCC12CCC3=C(C(C)Cc4cc(OC)ccc43)C1CCC2OC(C)=O. The number of rotatable bonds is 3. The lowest BCUT2D eigenvalue weighted by Gasteiger charge is -2.47. The number of benzene rings is 1. The summed E-state index contributed by atoms with van der Waals surface area (Å²) in [6, 6.07) is 6.57. The van der Waals surface area contributed by atoms with Crippen molar-refractivity contribution in [2.24, 2.45) is 17.3 Å². The van der Waals surface area contributed by atoms with Crippen LogP contribution in [0, 0.1) is 17.3 Å². The Morgan fingerprint density at radius 1 is 1.31 bits per heavy atom. The first kappa shape index (κ1) is 17.6. The predicted molar refractivity (Wildman–Crippen MR) is 103 cm³/mol. The van der Waals surface area contributed by atoms with E-state index in [4.69, 9.17) is 9.47 Å². The lowest BCUT2D eigenvalue weighted by atomic mass is 9.58. The maximum atomic E-state index is 11.7. The van der Waals surface area contributed by atoms with E-state index in [-0.39, 0.29) is 17.5 Å². The van der Waals surface area contributed by atoms with Crippen LogP contribution in [0.25, 0.3) is 5.57 Å². The summed E-state index contributed by atoms with van der Waals surface area (Å²) in [6.45, 7) is 6.21. The highest BCUT2D eigenvalue weighted by atomic mass is 16.5. The fourth-order valence-electron chi connectivity index (χ4n) is 6.19. The fraction of sp³-hybridized carbons (Fsp3) is 0.609. The van der Waals surface area contributed by atoms with Crippen LogP contribution in [0.15, 0.2) is 23.8 Å². The molecule has 4 rings (SSSR count). The van der Waals surface area contributed by atoms with Crippen molar-refractivity contribution in [3.8, 4) is 5.75 Å². The van der Waals surface area contributed by atoms with Crippen molar-refractivity contribution in [3.63, 3.8) is 0 Å². The van der Waals surface area contributed by atoms with E-state index in [0.717, 1.165) is 44.3 Å². The molecule has 0 amide bonds. The summed E-state index contributed by atoms with van der Waals surface area (Å²) >= 11 is 0. The van der Waals surface area contributed by atoms with Gasteiger partial charge in [0.05, 0.1) is 7.11 Å². The maximum Gasteiger partial charge on any atom is 0.302 e. The average Bonchev–Trinajstić information content (AvgIpc) is 2.99. The number of ether oxygens (including phenoxy) is 2. The monoisotopic (exact) mass is 354 g/mol. The topological polar surface area (TPSA) is 35.5 Å². The molecule has 1 fully saturated rings. The van der Waals surface area contributed by atoms with Crippen molar-refractivity contribution >= 4 is 11.5 Å². The molecule has 3 aliphatic carbocycles. The van der Waals surface area contributed by atoms with Gasteiger partial charge in [0.1, 0.15) is 11.9 Å². The molecule has 3 heteroatoms. The molecule has 1 saturated carbocycles. The number of carbonyl (C=O) groups is 1. The molecule has 0 aromatic heterocycles. The number of fused-ring (bicyclic) bond motifs is 4. The van der Waals surface area contributed by atoms with Gasteiger partial charge in [-0.05, 0) is 79.2 Å². The van der Waals surface area contributed by atoms with E-state index in [1.165, 1.54) is 11.1 Å². The highest BCUT2D eigenvalue weighted by molar-refractivity contribution is 5.76. The summed E-state index contributed by atoms with van der Waals surface area (Å²) in [5, 5.41) is 0. The standard InChI is InChI=1S/C23H30O3/c1-5-23-11-10-19-18-7-6-17(25-4)13-16(18)12-14(2)22(19)20(23)8-9-21(23)26-15(3)24/h6-7,13-14,20-21H,5,8-12H2,1-4H3. The largest absolute Gasteiger partial charge is 0.497 e. The van der Waals surface area contributed by atoms with Crippen LogP contribution >= 0.6 is 0 Å². The van der Waals surface area contributed by atoms with Gasteiger partial charge < -0.3 is 9.47 Å². The van der Waals surface area contributed by atoms with E-state index in [0.29, 0.717) is 11.8 Å². The number of carbonyl (C=O) groups excluding carboxylic acids is 1. The lowest BCUT2D eigenvalue weighted by molar-refractivity contribution is -0.153. The molecule has 3 aliphatic rings. The van der Waals surface area contributed by atoms with Crippen LogP contribution in [0.4, 0.5) is 0 Å². The van der Waals surface area contributed by atoms with Crippen LogP contribution in [0.1, 0.15) is 64.0 Å². The van der Waals surface area contributed by atoms with Gasteiger partial charge in [-0.2, -0.15) is 0 Å². The first-order valence-electron chi connectivity index (χ1n) is 10.1. The Morgan fingerprint density at radius 2 is 2.12 bits per heavy atom. The Hall–Kier alpha value is -1.77. The second kappa shape index (κ2) is 6.44. The van der Waals surface area contributed by atoms with Gasteiger partial charge in [0.25, 0.3) is 0 Å². The van der Waals surface area contributed by atoms with E-state index in [1.54, 1.807) is 25.2 Å². The van der Waals surface area contributed by atoms with E-state index in [9.17, 15) is 4.79 Å². The highest BCUT2D eigenvalue weighted by Gasteiger charge is 2.55. The molecule has 0 bridgehead atoms. The van der Waals surface area contributed by atoms with Gasteiger partial charge in [-0.1, -0.05) is 25.5 Å². The number of allylic oxidation sites excluding steroid dienone is 2. The zero-order valence-corrected chi connectivity index (χ0v) is 16.4.